The van der Waals surface area contributed by atoms with Gasteiger partial charge < -0.3 is 10.1 Å². The summed E-state index contributed by atoms with van der Waals surface area (Å²) in [6, 6.07) is 11.7. The predicted molar refractivity (Wildman–Crippen MR) is 92.9 cm³/mol. The highest BCUT2D eigenvalue weighted by molar-refractivity contribution is 6.31. The number of rotatable bonds is 3. The first kappa shape index (κ1) is 16.0. The molecule has 0 bridgehead atoms. The molecule has 0 aliphatic heterocycles. The lowest BCUT2D eigenvalue weighted by Crippen LogP contribution is -2.26. The van der Waals surface area contributed by atoms with E-state index in [9.17, 15) is 9.59 Å². The molecular weight excluding hydrogens is 330 g/mol. The van der Waals surface area contributed by atoms with Gasteiger partial charge in [0.05, 0.1) is 18.0 Å². The Balaban J connectivity index is 2.00. The zero-order valence-electron chi connectivity index (χ0n) is 13.0. The van der Waals surface area contributed by atoms with Crippen molar-refractivity contribution in [1.82, 2.24) is 9.78 Å². The Labute approximate surface area is 142 Å². The third-order valence-corrected chi connectivity index (χ3v) is 3.82. The maximum Gasteiger partial charge on any atom is 0.280 e. The molecule has 1 aromatic heterocycles. The van der Waals surface area contributed by atoms with Crippen molar-refractivity contribution in [3.63, 3.8) is 0 Å². The van der Waals surface area contributed by atoms with Crippen LogP contribution >= 0.6 is 11.6 Å². The molecule has 7 heteroatoms. The zero-order chi connectivity index (χ0) is 17.3. The minimum Gasteiger partial charge on any atom is -0.497 e. The van der Waals surface area contributed by atoms with Crippen molar-refractivity contribution in [3.05, 3.63) is 63.4 Å². The Kier molecular flexibility index (Phi) is 4.22. The number of benzene rings is 2. The van der Waals surface area contributed by atoms with E-state index in [0.717, 1.165) is 0 Å². The molecule has 6 nitrogen and oxygen atoms in total. The Morgan fingerprint density at radius 2 is 1.92 bits per heavy atom. The zero-order valence-corrected chi connectivity index (χ0v) is 13.8. The van der Waals surface area contributed by atoms with Gasteiger partial charge in [0.1, 0.15) is 5.75 Å². The lowest BCUT2D eigenvalue weighted by Gasteiger charge is -2.09. The molecule has 0 unspecified atom stereocenters. The van der Waals surface area contributed by atoms with E-state index in [1.54, 1.807) is 50.6 Å². The second-order valence-electron chi connectivity index (χ2n) is 5.15. The van der Waals surface area contributed by atoms with Crippen molar-refractivity contribution in [2.24, 2.45) is 7.05 Å². The Morgan fingerprint density at radius 3 is 2.58 bits per heavy atom. The topological polar surface area (TPSA) is 73.2 Å². The van der Waals surface area contributed by atoms with Crippen LogP contribution in [0.3, 0.4) is 0 Å². The minimum atomic E-state index is -0.581. The van der Waals surface area contributed by atoms with Gasteiger partial charge in [0.2, 0.25) is 5.43 Å². The molecule has 0 spiro atoms. The lowest BCUT2D eigenvalue weighted by atomic mass is 10.2. The third-order valence-electron chi connectivity index (χ3n) is 3.58. The molecule has 3 aromatic rings. The third kappa shape index (κ3) is 2.96. The van der Waals surface area contributed by atoms with Crippen LogP contribution in [0.4, 0.5) is 5.69 Å². The highest BCUT2D eigenvalue weighted by atomic mass is 35.5. The van der Waals surface area contributed by atoms with E-state index in [1.165, 1.54) is 10.7 Å². The fraction of sp³-hybridized carbons (Fsp3) is 0.118. The number of anilines is 1. The van der Waals surface area contributed by atoms with Crippen molar-refractivity contribution in [3.8, 4) is 5.75 Å². The Morgan fingerprint density at radius 1 is 1.21 bits per heavy atom. The molecular formula is C17H14ClN3O3. The van der Waals surface area contributed by atoms with Crippen molar-refractivity contribution in [2.45, 2.75) is 0 Å². The summed E-state index contributed by atoms with van der Waals surface area (Å²) in [5.74, 6) is 0.0880. The number of fused-ring (bicyclic) bond motifs is 1. The Hall–Kier alpha value is -2.86. The first-order valence-electron chi connectivity index (χ1n) is 7.11. The number of methoxy groups -OCH3 is 1. The van der Waals surface area contributed by atoms with Gasteiger partial charge in [-0.15, -0.1) is 0 Å². The van der Waals surface area contributed by atoms with Gasteiger partial charge in [-0.3, -0.25) is 14.3 Å². The first-order valence-corrected chi connectivity index (χ1v) is 7.49. The number of nitrogens with one attached hydrogen (secondary N) is 1. The average molecular weight is 344 g/mol. The van der Waals surface area contributed by atoms with Crippen LogP contribution in [0.25, 0.3) is 10.9 Å². The maximum atomic E-state index is 12.5. The summed E-state index contributed by atoms with van der Waals surface area (Å²) >= 11 is 5.95. The highest BCUT2D eigenvalue weighted by Crippen LogP contribution is 2.17. The van der Waals surface area contributed by atoms with E-state index in [2.05, 4.69) is 10.4 Å². The molecule has 1 heterocycles. The summed E-state index contributed by atoms with van der Waals surface area (Å²) in [6.07, 6.45) is 0. The van der Waals surface area contributed by atoms with Gasteiger partial charge in [-0.1, -0.05) is 11.6 Å². The summed E-state index contributed by atoms with van der Waals surface area (Å²) in [5, 5.41) is 7.51. The van der Waals surface area contributed by atoms with E-state index in [1.807, 2.05) is 0 Å². The molecule has 0 fully saturated rings. The molecule has 2 aromatic carbocycles. The van der Waals surface area contributed by atoms with Gasteiger partial charge in [0, 0.05) is 17.8 Å². The molecule has 0 radical (unpaired) electrons. The second-order valence-corrected chi connectivity index (χ2v) is 5.58. The van der Waals surface area contributed by atoms with Crippen molar-refractivity contribution in [2.75, 3.05) is 12.4 Å². The molecule has 122 valence electrons. The number of hydrogen-bond donors (Lipinski definition) is 1. The second kappa shape index (κ2) is 6.33. The predicted octanol–water partition coefficient (Wildman–Crippen LogP) is 2.85. The number of carbonyl (C=O) groups is 1. The number of carbonyl (C=O) groups excluding carboxylic acids is 1. The average Bonchev–Trinajstić information content (AvgIpc) is 2.58. The van der Waals surface area contributed by atoms with Crippen LogP contribution in [-0.2, 0) is 7.05 Å². The van der Waals surface area contributed by atoms with Crippen LogP contribution in [0.1, 0.15) is 10.5 Å². The molecule has 24 heavy (non-hydrogen) atoms. The number of halogens is 1. The largest absolute Gasteiger partial charge is 0.497 e. The molecule has 0 saturated carbocycles. The fourth-order valence-electron chi connectivity index (χ4n) is 2.36. The van der Waals surface area contributed by atoms with Crippen LogP contribution in [-0.4, -0.2) is 22.8 Å². The number of aryl methyl sites for hydroxylation is 1. The number of nitrogens with zero attached hydrogens (tertiary/aromatic N) is 2. The summed E-state index contributed by atoms with van der Waals surface area (Å²) in [7, 11) is 3.22. The molecule has 3 rings (SSSR count). The summed E-state index contributed by atoms with van der Waals surface area (Å²) in [4.78, 5) is 25.0. The van der Waals surface area contributed by atoms with Crippen LogP contribution in [0.5, 0.6) is 5.75 Å². The smallest absolute Gasteiger partial charge is 0.280 e. The summed E-state index contributed by atoms with van der Waals surface area (Å²) in [6.45, 7) is 0. The normalized spacial score (nSPS) is 10.6. The number of ether oxygens (including phenoxy) is 1. The minimum absolute atomic E-state index is 0.192. The quantitative estimate of drug-likeness (QED) is 0.793. The monoisotopic (exact) mass is 343 g/mol. The highest BCUT2D eigenvalue weighted by Gasteiger charge is 2.17. The van der Waals surface area contributed by atoms with Gasteiger partial charge in [0.25, 0.3) is 5.91 Å². The molecule has 0 saturated heterocycles. The van der Waals surface area contributed by atoms with Crippen LogP contribution in [0.2, 0.25) is 5.02 Å². The van der Waals surface area contributed by atoms with Gasteiger partial charge >= 0.3 is 0 Å². The molecule has 1 amide bonds. The standard InChI is InChI=1S/C17H14ClN3O3/c1-21-14-8-3-10(18)9-13(14)16(22)15(20-21)17(23)19-11-4-6-12(24-2)7-5-11/h3-9H,1-2H3,(H,19,23). The molecule has 0 aliphatic carbocycles. The van der Waals surface area contributed by atoms with Crippen LogP contribution < -0.4 is 15.5 Å². The van der Waals surface area contributed by atoms with Gasteiger partial charge in [-0.05, 0) is 42.5 Å². The summed E-state index contributed by atoms with van der Waals surface area (Å²) in [5.41, 5.74) is 0.487. The van der Waals surface area contributed by atoms with E-state index in [4.69, 9.17) is 16.3 Å². The molecule has 0 aliphatic rings. The molecule has 1 N–H and O–H groups in total. The molecule has 0 atom stereocenters. The lowest BCUT2D eigenvalue weighted by molar-refractivity contribution is 0.101. The Bertz CT molecular complexity index is 981. The first-order chi connectivity index (χ1) is 11.5. The SMILES string of the molecule is COc1ccc(NC(=O)c2nn(C)c3ccc(Cl)cc3c2=O)cc1. The number of aromatic nitrogens is 2. The summed E-state index contributed by atoms with van der Waals surface area (Å²) < 4.78 is 6.54. The number of hydrogen-bond acceptors (Lipinski definition) is 4. The van der Waals surface area contributed by atoms with Crippen LogP contribution in [0, 0.1) is 0 Å². The van der Waals surface area contributed by atoms with Gasteiger partial charge in [-0.2, -0.15) is 5.10 Å². The van der Waals surface area contributed by atoms with E-state index < -0.39 is 11.3 Å². The van der Waals surface area contributed by atoms with E-state index in [0.29, 0.717) is 27.4 Å². The van der Waals surface area contributed by atoms with Crippen molar-refractivity contribution in [1.29, 1.82) is 0 Å². The van der Waals surface area contributed by atoms with E-state index >= 15 is 0 Å². The fourth-order valence-corrected chi connectivity index (χ4v) is 2.53. The van der Waals surface area contributed by atoms with Crippen molar-refractivity contribution >= 4 is 34.1 Å². The number of amides is 1. The van der Waals surface area contributed by atoms with Gasteiger partial charge in [0.15, 0.2) is 5.69 Å². The van der Waals surface area contributed by atoms with Gasteiger partial charge in [-0.25, -0.2) is 0 Å². The maximum absolute atomic E-state index is 12.5. The van der Waals surface area contributed by atoms with E-state index in [-0.39, 0.29) is 5.69 Å². The van der Waals surface area contributed by atoms with Crippen LogP contribution in [0.15, 0.2) is 47.3 Å². The van der Waals surface area contributed by atoms with Crippen molar-refractivity contribution < 1.29 is 9.53 Å².